The summed E-state index contributed by atoms with van der Waals surface area (Å²) in [7, 11) is -3.78. The molecule has 2 aromatic rings. The first-order valence-corrected chi connectivity index (χ1v) is 7.30. The standard InChI is InChI=1S/C13H11ClFNO2S/c1-9-8-10(15)6-7-13(9)19(17,18)16-12-5-3-2-4-11(12)14/h2-8,16H,1H3. The first-order valence-electron chi connectivity index (χ1n) is 5.43. The van der Waals surface area contributed by atoms with E-state index < -0.39 is 15.8 Å². The second-order valence-corrected chi connectivity index (χ2v) is 6.05. The van der Waals surface area contributed by atoms with Crippen LogP contribution >= 0.6 is 11.6 Å². The SMILES string of the molecule is Cc1cc(F)ccc1S(=O)(=O)Nc1ccccc1Cl. The zero-order chi connectivity index (χ0) is 14.0. The molecule has 0 heterocycles. The van der Waals surface area contributed by atoms with E-state index in [1.807, 2.05) is 0 Å². The van der Waals surface area contributed by atoms with E-state index in [-0.39, 0.29) is 10.6 Å². The summed E-state index contributed by atoms with van der Waals surface area (Å²) >= 11 is 5.90. The maximum atomic E-state index is 13.0. The molecule has 0 atom stereocenters. The van der Waals surface area contributed by atoms with Gasteiger partial charge in [0, 0.05) is 0 Å². The lowest BCUT2D eigenvalue weighted by atomic mass is 10.2. The number of hydrogen-bond acceptors (Lipinski definition) is 2. The summed E-state index contributed by atoms with van der Waals surface area (Å²) in [5.74, 6) is -0.478. The molecule has 0 aliphatic rings. The second kappa shape index (κ2) is 5.19. The summed E-state index contributed by atoms with van der Waals surface area (Å²) in [6.07, 6.45) is 0. The smallest absolute Gasteiger partial charge is 0.262 e. The third kappa shape index (κ3) is 3.05. The number of para-hydroxylation sites is 1. The van der Waals surface area contributed by atoms with Crippen LogP contribution in [0.15, 0.2) is 47.4 Å². The van der Waals surface area contributed by atoms with Gasteiger partial charge in [0.25, 0.3) is 10.0 Å². The van der Waals surface area contributed by atoms with Gasteiger partial charge in [0.1, 0.15) is 5.82 Å². The van der Waals surface area contributed by atoms with E-state index in [1.54, 1.807) is 24.3 Å². The molecule has 19 heavy (non-hydrogen) atoms. The molecule has 0 saturated heterocycles. The van der Waals surface area contributed by atoms with Gasteiger partial charge >= 0.3 is 0 Å². The number of sulfonamides is 1. The molecule has 3 nitrogen and oxygen atoms in total. The molecule has 6 heteroatoms. The summed E-state index contributed by atoms with van der Waals surface area (Å²) in [6.45, 7) is 1.53. The number of benzene rings is 2. The van der Waals surface area contributed by atoms with Crippen LogP contribution in [0.2, 0.25) is 5.02 Å². The maximum Gasteiger partial charge on any atom is 0.262 e. The Balaban J connectivity index is 2.41. The minimum absolute atomic E-state index is 0.0221. The van der Waals surface area contributed by atoms with Crippen LogP contribution in [0.4, 0.5) is 10.1 Å². The average Bonchev–Trinajstić information content (AvgIpc) is 2.31. The fourth-order valence-electron chi connectivity index (χ4n) is 1.66. The Morgan fingerprint density at radius 3 is 2.47 bits per heavy atom. The molecule has 0 amide bonds. The molecule has 0 radical (unpaired) electrons. The van der Waals surface area contributed by atoms with Gasteiger partial charge in [-0.25, -0.2) is 12.8 Å². The quantitative estimate of drug-likeness (QED) is 0.941. The zero-order valence-electron chi connectivity index (χ0n) is 10.0. The molecule has 2 rings (SSSR count). The lowest BCUT2D eigenvalue weighted by Crippen LogP contribution is -2.14. The molecule has 2 aromatic carbocycles. The van der Waals surface area contributed by atoms with Crippen molar-refractivity contribution in [3.8, 4) is 0 Å². The summed E-state index contributed by atoms with van der Waals surface area (Å²) in [5.41, 5.74) is 0.618. The topological polar surface area (TPSA) is 46.2 Å². The molecule has 0 aliphatic carbocycles. The molecule has 100 valence electrons. The molecular formula is C13H11ClFNO2S. The normalized spacial score (nSPS) is 11.3. The van der Waals surface area contributed by atoms with Crippen LogP contribution < -0.4 is 4.72 Å². The number of halogens is 2. The van der Waals surface area contributed by atoms with Crippen molar-refractivity contribution < 1.29 is 12.8 Å². The highest BCUT2D eigenvalue weighted by Gasteiger charge is 2.18. The van der Waals surface area contributed by atoms with Gasteiger partial charge in [-0.05, 0) is 42.8 Å². The molecule has 0 aliphatic heterocycles. The van der Waals surface area contributed by atoms with Gasteiger partial charge in [0.2, 0.25) is 0 Å². The minimum Gasteiger partial charge on any atom is -0.278 e. The van der Waals surface area contributed by atoms with Crippen LogP contribution in [-0.2, 0) is 10.0 Å². The Kier molecular flexibility index (Phi) is 3.78. The Morgan fingerprint density at radius 1 is 1.16 bits per heavy atom. The fraction of sp³-hybridized carbons (Fsp3) is 0.0769. The van der Waals surface area contributed by atoms with Crippen LogP contribution in [0.5, 0.6) is 0 Å². The minimum atomic E-state index is -3.78. The van der Waals surface area contributed by atoms with Gasteiger partial charge in [0.05, 0.1) is 15.6 Å². The van der Waals surface area contributed by atoms with Gasteiger partial charge in [0.15, 0.2) is 0 Å². The molecule has 0 spiro atoms. The van der Waals surface area contributed by atoms with E-state index in [1.165, 1.54) is 19.1 Å². The van der Waals surface area contributed by atoms with Crippen molar-refractivity contribution in [2.24, 2.45) is 0 Å². The third-order valence-electron chi connectivity index (χ3n) is 2.54. The van der Waals surface area contributed by atoms with E-state index in [9.17, 15) is 12.8 Å². The van der Waals surface area contributed by atoms with Crippen molar-refractivity contribution in [2.75, 3.05) is 4.72 Å². The largest absolute Gasteiger partial charge is 0.278 e. The number of anilines is 1. The lowest BCUT2D eigenvalue weighted by molar-refractivity contribution is 0.598. The number of hydrogen-bond donors (Lipinski definition) is 1. The van der Waals surface area contributed by atoms with Crippen LogP contribution in [0.1, 0.15) is 5.56 Å². The molecule has 1 N–H and O–H groups in total. The third-order valence-corrected chi connectivity index (χ3v) is 4.40. The fourth-order valence-corrected chi connectivity index (χ4v) is 3.20. The van der Waals surface area contributed by atoms with Crippen molar-refractivity contribution >= 4 is 27.3 Å². The molecule has 0 fully saturated rings. The average molecular weight is 300 g/mol. The molecule has 0 bridgehead atoms. The Bertz CT molecular complexity index is 716. The summed E-state index contributed by atoms with van der Waals surface area (Å²) in [4.78, 5) is 0.0221. The van der Waals surface area contributed by atoms with Crippen LogP contribution in [0.25, 0.3) is 0 Å². The highest BCUT2D eigenvalue weighted by molar-refractivity contribution is 7.92. The number of aryl methyl sites for hydroxylation is 1. The van der Waals surface area contributed by atoms with E-state index in [0.29, 0.717) is 10.6 Å². The number of nitrogens with one attached hydrogen (secondary N) is 1. The van der Waals surface area contributed by atoms with E-state index in [0.717, 1.165) is 6.07 Å². The van der Waals surface area contributed by atoms with Gasteiger partial charge in [-0.1, -0.05) is 23.7 Å². The van der Waals surface area contributed by atoms with E-state index in [2.05, 4.69) is 4.72 Å². The van der Waals surface area contributed by atoms with Crippen LogP contribution in [0, 0.1) is 12.7 Å². The lowest BCUT2D eigenvalue weighted by Gasteiger charge is -2.11. The van der Waals surface area contributed by atoms with Gasteiger partial charge in [-0.3, -0.25) is 4.72 Å². The number of rotatable bonds is 3. The van der Waals surface area contributed by atoms with E-state index >= 15 is 0 Å². The summed E-state index contributed by atoms with van der Waals surface area (Å²) in [6, 6.07) is 10.00. The highest BCUT2D eigenvalue weighted by atomic mass is 35.5. The summed E-state index contributed by atoms with van der Waals surface area (Å²) in [5, 5.41) is 0.297. The first-order chi connectivity index (χ1) is 8.90. The Labute approximate surface area is 116 Å². The predicted molar refractivity (Wildman–Crippen MR) is 73.4 cm³/mol. The molecular weight excluding hydrogens is 289 g/mol. The van der Waals surface area contributed by atoms with Gasteiger partial charge in [-0.15, -0.1) is 0 Å². The Hall–Kier alpha value is -1.59. The van der Waals surface area contributed by atoms with Crippen molar-refractivity contribution in [3.05, 3.63) is 58.9 Å². The van der Waals surface area contributed by atoms with Gasteiger partial charge < -0.3 is 0 Å². The van der Waals surface area contributed by atoms with Crippen molar-refractivity contribution in [2.45, 2.75) is 11.8 Å². The van der Waals surface area contributed by atoms with Crippen molar-refractivity contribution in [3.63, 3.8) is 0 Å². The van der Waals surface area contributed by atoms with Crippen molar-refractivity contribution in [1.82, 2.24) is 0 Å². The predicted octanol–water partition coefficient (Wildman–Crippen LogP) is 3.59. The second-order valence-electron chi connectivity index (χ2n) is 4.00. The summed E-state index contributed by atoms with van der Waals surface area (Å²) < 4.78 is 39.8. The van der Waals surface area contributed by atoms with Crippen LogP contribution in [-0.4, -0.2) is 8.42 Å². The zero-order valence-corrected chi connectivity index (χ0v) is 11.6. The van der Waals surface area contributed by atoms with Gasteiger partial charge in [-0.2, -0.15) is 0 Å². The molecule has 0 saturated carbocycles. The maximum absolute atomic E-state index is 13.0. The van der Waals surface area contributed by atoms with Crippen LogP contribution in [0.3, 0.4) is 0 Å². The van der Waals surface area contributed by atoms with E-state index in [4.69, 9.17) is 11.6 Å². The van der Waals surface area contributed by atoms with Crippen molar-refractivity contribution in [1.29, 1.82) is 0 Å². The highest BCUT2D eigenvalue weighted by Crippen LogP contribution is 2.25. The molecule has 0 unspecified atom stereocenters. The molecule has 0 aromatic heterocycles. The Morgan fingerprint density at radius 2 is 1.84 bits per heavy atom. The monoisotopic (exact) mass is 299 g/mol. The first kappa shape index (κ1) is 13.8.